The van der Waals surface area contributed by atoms with Gasteiger partial charge in [-0.1, -0.05) is 0 Å². The maximum absolute atomic E-state index is 11.8. The number of hydrogen-bond donors (Lipinski definition) is 2. The van der Waals surface area contributed by atoms with Crippen molar-refractivity contribution in [2.45, 2.75) is 56.4 Å². The van der Waals surface area contributed by atoms with Crippen LogP contribution in [0.5, 0.6) is 0 Å². The van der Waals surface area contributed by atoms with E-state index in [9.17, 15) is 9.59 Å². The van der Waals surface area contributed by atoms with E-state index >= 15 is 0 Å². The van der Waals surface area contributed by atoms with Gasteiger partial charge in [0, 0.05) is 4.75 Å². The predicted octanol–water partition coefficient (Wildman–Crippen LogP) is 1.22. The first-order chi connectivity index (χ1) is 7.53. The Balaban J connectivity index is 2.72. The van der Waals surface area contributed by atoms with E-state index in [-0.39, 0.29) is 0 Å². The second-order valence-corrected chi connectivity index (χ2v) is 7.33. The monoisotopic (exact) mass is 261 g/mol. The third-order valence-corrected chi connectivity index (χ3v) is 3.71. The first-order valence-electron chi connectivity index (χ1n) is 5.42. The molecule has 0 aromatic rings. The highest BCUT2D eigenvalue weighted by Gasteiger charge is 2.48. The number of esters is 1. The molecule has 0 aromatic heterocycles. The summed E-state index contributed by atoms with van der Waals surface area (Å²) in [6.07, 6.45) is 0. The molecule has 0 aliphatic carbocycles. The number of rotatable bonds is 2. The zero-order valence-electron chi connectivity index (χ0n) is 10.7. The van der Waals surface area contributed by atoms with Crippen LogP contribution in [-0.2, 0) is 14.3 Å². The zero-order valence-corrected chi connectivity index (χ0v) is 11.6. The molecule has 0 aromatic carbocycles. The van der Waals surface area contributed by atoms with Gasteiger partial charge in [-0.3, -0.25) is 10.1 Å². The van der Waals surface area contributed by atoms with Crippen LogP contribution in [0.3, 0.4) is 0 Å². The van der Waals surface area contributed by atoms with Gasteiger partial charge in [0.2, 0.25) is 0 Å². The Morgan fingerprint density at radius 1 is 1.35 bits per heavy atom. The minimum atomic E-state index is -0.950. The molecule has 2 atom stereocenters. The molecule has 1 saturated heterocycles. The minimum Gasteiger partial charge on any atom is -0.480 e. The quantitative estimate of drug-likeness (QED) is 0.728. The van der Waals surface area contributed by atoms with Crippen LogP contribution in [0.4, 0.5) is 0 Å². The van der Waals surface area contributed by atoms with Gasteiger partial charge in [0.1, 0.15) is 11.6 Å². The van der Waals surface area contributed by atoms with Crippen molar-refractivity contribution in [1.82, 2.24) is 5.32 Å². The van der Waals surface area contributed by atoms with Crippen LogP contribution in [0.1, 0.15) is 34.6 Å². The summed E-state index contributed by atoms with van der Waals surface area (Å²) in [6, 6.07) is -0.745. The topological polar surface area (TPSA) is 75.6 Å². The molecular formula is C11H19NO4S. The Hall–Kier alpha value is -0.750. The van der Waals surface area contributed by atoms with Gasteiger partial charge in [0.05, 0.1) is 0 Å². The number of carbonyl (C=O) groups is 2. The van der Waals surface area contributed by atoms with Crippen LogP contribution in [0, 0.1) is 0 Å². The molecular weight excluding hydrogens is 242 g/mol. The molecule has 1 aliphatic heterocycles. The van der Waals surface area contributed by atoms with Gasteiger partial charge in [-0.25, -0.2) is 4.79 Å². The lowest BCUT2D eigenvalue weighted by Crippen LogP contribution is -2.46. The molecule has 6 heteroatoms. The average molecular weight is 261 g/mol. The van der Waals surface area contributed by atoms with Crippen LogP contribution in [0.25, 0.3) is 0 Å². The fourth-order valence-electron chi connectivity index (χ4n) is 1.60. The van der Waals surface area contributed by atoms with Crippen LogP contribution >= 0.6 is 11.8 Å². The molecule has 5 nitrogen and oxygen atoms in total. The fraction of sp³-hybridized carbons (Fsp3) is 0.818. The molecule has 98 valence electrons. The standard InChI is InChI=1S/C11H19NO4S/c1-10(2,3)16-9(15)7-12-6(8(13)14)11(4,5)17-7/h6-7,12H,1-5H3,(H,13,14)/t6-,7-/m1/s1. The first-order valence-corrected chi connectivity index (χ1v) is 6.30. The third kappa shape index (κ3) is 3.61. The van der Waals surface area contributed by atoms with Crippen LogP contribution in [0.15, 0.2) is 0 Å². The molecule has 0 radical (unpaired) electrons. The van der Waals surface area contributed by atoms with Gasteiger partial charge < -0.3 is 9.84 Å². The van der Waals surface area contributed by atoms with Gasteiger partial charge in [-0.05, 0) is 34.6 Å². The lowest BCUT2D eigenvalue weighted by molar-refractivity contribution is -0.154. The summed E-state index contributed by atoms with van der Waals surface area (Å²) in [4.78, 5) is 22.9. The average Bonchev–Trinajstić information content (AvgIpc) is 2.38. The van der Waals surface area contributed by atoms with Gasteiger partial charge in [-0.15, -0.1) is 11.8 Å². The number of thioether (sulfide) groups is 1. The number of ether oxygens (including phenoxy) is 1. The smallest absolute Gasteiger partial charge is 0.334 e. The summed E-state index contributed by atoms with van der Waals surface area (Å²) < 4.78 is 4.69. The van der Waals surface area contributed by atoms with E-state index in [1.165, 1.54) is 11.8 Å². The Labute approximate surface area is 105 Å². The number of carboxylic acids is 1. The van der Waals surface area contributed by atoms with Crippen LogP contribution in [0.2, 0.25) is 0 Å². The summed E-state index contributed by atoms with van der Waals surface area (Å²) in [6.45, 7) is 8.95. The van der Waals surface area contributed by atoms with Crippen molar-refractivity contribution in [2.24, 2.45) is 0 Å². The summed E-state index contributed by atoms with van der Waals surface area (Å²) in [5.74, 6) is -1.37. The van der Waals surface area contributed by atoms with Crippen LogP contribution < -0.4 is 5.32 Å². The SMILES string of the molecule is CC(C)(C)OC(=O)[C@@H]1N[C@H](C(=O)O)C(C)(C)S1. The highest BCUT2D eigenvalue weighted by molar-refractivity contribution is 8.02. The van der Waals surface area contributed by atoms with E-state index < -0.39 is 33.7 Å². The molecule has 2 N–H and O–H groups in total. The number of hydrogen-bond acceptors (Lipinski definition) is 5. The van der Waals surface area contributed by atoms with Crippen molar-refractivity contribution >= 4 is 23.7 Å². The minimum absolute atomic E-state index is 0.417. The molecule has 1 heterocycles. The highest BCUT2D eigenvalue weighted by Crippen LogP contribution is 2.38. The Bertz CT molecular complexity index is 335. The Kier molecular flexibility index (Phi) is 3.78. The maximum Gasteiger partial charge on any atom is 0.334 e. The number of nitrogens with one attached hydrogen (secondary N) is 1. The second kappa shape index (κ2) is 4.49. The van der Waals surface area contributed by atoms with E-state index in [0.717, 1.165) is 0 Å². The molecule has 0 bridgehead atoms. The molecule has 1 aliphatic rings. The Morgan fingerprint density at radius 2 is 1.88 bits per heavy atom. The van der Waals surface area contributed by atoms with Gasteiger partial charge in [-0.2, -0.15) is 0 Å². The van der Waals surface area contributed by atoms with Gasteiger partial charge >= 0.3 is 11.9 Å². The molecule has 0 saturated carbocycles. The number of carbonyl (C=O) groups excluding carboxylic acids is 1. The maximum atomic E-state index is 11.8. The molecule has 0 spiro atoms. The number of aliphatic carboxylic acids is 1. The van der Waals surface area contributed by atoms with Crippen LogP contribution in [-0.4, -0.2) is 38.8 Å². The normalized spacial score (nSPS) is 27.8. The summed E-state index contributed by atoms with van der Waals surface area (Å²) in [7, 11) is 0. The summed E-state index contributed by atoms with van der Waals surface area (Å²) in [5.41, 5.74) is -0.565. The van der Waals surface area contributed by atoms with E-state index in [0.29, 0.717) is 0 Å². The predicted molar refractivity (Wildman–Crippen MR) is 65.9 cm³/mol. The van der Waals surface area contributed by atoms with Crippen molar-refractivity contribution < 1.29 is 19.4 Å². The van der Waals surface area contributed by atoms with E-state index in [2.05, 4.69) is 5.32 Å². The highest BCUT2D eigenvalue weighted by atomic mass is 32.2. The van der Waals surface area contributed by atoms with E-state index in [1.54, 1.807) is 34.6 Å². The second-order valence-electron chi connectivity index (χ2n) is 5.57. The van der Waals surface area contributed by atoms with Crippen molar-refractivity contribution in [3.05, 3.63) is 0 Å². The zero-order chi connectivity index (χ0) is 13.4. The first kappa shape index (κ1) is 14.3. The van der Waals surface area contributed by atoms with Gasteiger partial charge in [0.25, 0.3) is 0 Å². The summed E-state index contributed by atoms with van der Waals surface area (Å²) in [5, 5.41) is 11.2. The molecule has 1 fully saturated rings. The van der Waals surface area contributed by atoms with Crippen molar-refractivity contribution in [2.75, 3.05) is 0 Å². The van der Waals surface area contributed by atoms with E-state index in [4.69, 9.17) is 9.84 Å². The lowest BCUT2D eigenvalue weighted by Gasteiger charge is -2.22. The summed E-state index contributed by atoms with van der Waals surface area (Å²) >= 11 is 1.29. The van der Waals surface area contributed by atoms with Crippen molar-refractivity contribution in [1.29, 1.82) is 0 Å². The lowest BCUT2D eigenvalue weighted by atomic mass is 10.0. The largest absolute Gasteiger partial charge is 0.480 e. The fourth-order valence-corrected chi connectivity index (χ4v) is 2.86. The van der Waals surface area contributed by atoms with Gasteiger partial charge in [0.15, 0.2) is 5.37 Å². The Morgan fingerprint density at radius 3 is 2.24 bits per heavy atom. The molecule has 0 unspecified atom stereocenters. The molecule has 17 heavy (non-hydrogen) atoms. The number of carboxylic acid groups (broad SMARTS) is 1. The molecule has 1 rings (SSSR count). The van der Waals surface area contributed by atoms with Crippen molar-refractivity contribution in [3.8, 4) is 0 Å². The van der Waals surface area contributed by atoms with E-state index in [1.807, 2.05) is 0 Å². The van der Waals surface area contributed by atoms with Crippen molar-refractivity contribution in [3.63, 3.8) is 0 Å². The third-order valence-electron chi connectivity index (χ3n) is 2.30. The molecule has 0 amide bonds.